The zero-order chi connectivity index (χ0) is 20.3. The van der Waals surface area contributed by atoms with Crippen LogP contribution in [0, 0.1) is 20.8 Å². The molecule has 0 aliphatic rings. The first kappa shape index (κ1) is 20.5. The van der Waals surface area contributed by atoms with Crippen molar-refractivity contribution in [3.05, 3.63) is 61.5 Å². The van der Waals surface area contributed by atoms with Gasteiger partial charge in [0.15, 0.2) is 0 Å². The van der Waals surface area contributed by atoms with E-state index in [1.807, 2.05) is 64.4 Å². The summed E-state index contributed by atoms with van der Waals surface area (Å²) in [4.78, 5) is 24.6. The second-order valence-corrected chi connectivity index (χ2v) is 9.05. The van der Waals surface area contributed by atoms with E-state index in [0.717, 1.165) is 32.0 Å². The topological polar surface area (TPSA) is 55.3 Å². The van der Waals surface area contributed by atoms with Crippen molar-refractivity contribution < 1.29 is 9.53 Å². The quantitative estimate of drug-likeness (QED) is 0.553. The summed E-state index contributed by atoms with van der Waals surface area (Å²) in [6, 6.07) is 7.94. The summed E-state index contributed by atoms with van der Waals surface area (Å²) in [6.07, 6.45) is 0.290. The van der Waals surface area contributed by atoms with Gasteiger partial charge in [-0.15, -0.1) is 22.7 Å². The first-order chi connectivity index (χ1) is 13.3. The van der Waals surface area contributed by atoms with Gasteiger partial charge in [-0.3, -0.25) is 4.79 Å². The van der Waals surface area contributed by atoms with Crippen LogP contribution >= 0.6 is 22.7 Å². The molecule has 0 N–H and O–H groups in total. The molecule has 1 aromatic carbocycles. The Labute approximate surface area is 174 Å². The number of hydrogen-bond acceptors (Lipinski definition) is 6. The van der Waals surface area contributed by atoms with E-state index in [0.29, 0.717) is 13.0 Å². The molecule has 0 aliphatic heterocycles. The molecule has 0 aliphatic carbocycles. The van der Waals surface area contributed by atoms with Crippen molar-refractivity contribution in [3.63, 3.8) is 0 Å². The van der Waals surface area contributed by atoms with Gasteiger partial charge in [-0.25, -0.2) is 9.97 Å². The van der Waals surface area contributed by atoms with Gasteiger partial charge in [0, 0.05) is 17.3 Å². The highest BCUT2D eigenvalue weighted by Crippen LogP contribution is 2.28. The van der Waals surface area contributed by atoms with E-state index >= 15 is 0 Å². The van der Waals surface area contributed by atoms with Crippen LogP contribution in [0.2, 0.25) is 0 Å². The lowest BCUT2D eigenvalue weighted by atomic mass is 10.2. The first-order valence-electron chi connectivity index (χ1n) is 9.16. The molecule has 3 rings (SSSR count). The Morgan fingerprint density at radius 3 is 2.54 bits per heavy atom. The zero-order valence-corrected chi connectivity index (χ0v) is 18.5. The molecule has 1 unspecified atom stereocenters. The SMILES string of the molecule is Cc1ccc(OCc2nc(CC(=O)N(C)C(C)c3sc(C)nc3C)cs2)cc1. The number of aromatic nitrogens is 2. The minimum absolute atomic E-state index is 0.00155. The normalized spacial score (nSPS) is 12.0. The maximum Gasteiger partial charge on any atom is 0.228 e. The standard InChI is InChI=1S/C21H25N3O2S2/c1-13-6-8-18(9-7-13)26-11-19-23-17(12-27-19)10-20(25)24(5)15(3)21-14(2)22-16(4)28-21/h6-9,12,15H,10-11H2,1-5H3. The monoisotopic (exact) mass is 415 g/mol. The number of rotatable bonds is 7. The van der Waals surface area contributed by atoms with Crippen molar-refractivity contribution >= 4 is 28.6 Å². The van der Waals surface area contributed by atoms with Gasteiger partial charge in [0.05, 0.1) is 28.9 Å². The van der Waals surface area contributed by atoms with E-state index in [1.165, 1.54) is 16.9 Å². The number of amides is 1. The molecule has 7 heteroatoms. The van der Waals surface area contributed by atoms with Crippen LogP contribution in [0.25, 0.3) is 0 Å². The molecule has 0 radical (unpaired) electrons. The summed E-state index contributed by atoms with van der Waals surface area (Å²) in [5.74, 6) is 0.872. The molecular formula is C21H25N3O2S2. The summed E-state index contributed by atoms with van der Waals surface area (Å²) in [7, 11) is 1.84. The van der Waals surface area contributed by atoms with Gasteiger partial charge in [-0.05, 0) is 39.8 Å². The molecular weight excluding hydrogens is 390 g/mol. The lowest BCUT2D eigenvalue weighted by Crippen LogP contribution is -2.31. The van der Waals surface area contributed by atoms with Crippen LogP contribution in [-0.2, 0) is 17.8 Å². The van der Waals surface area contributed by atoms with E-state index in [9.17, 15) is 4.79 Å². The fraction of sp³-hybridized carbons (Fsp3) is 0.381. The van der Waals surface area contributed by atoms with Crippen molar-refractivity contribution in [1.29, 1.82) is 0 Å². The molecule has 28 heavy (non-hydrogen) atoms. The second kappa shape index (κ2) is 8.84. The molecule has 0 spiro atoms. The minimum Gasteiger partial charge on any atom is -0.486 e. The van der Waals surface area contributed by atoms with E-state index in [-0.39, 0.29) is 11.9 Å². The molecule has 0 fully saturated rings. The summed E-state index contributed by atoms with van der Waals surface area (Å²) in [5.41, 5.74) is 2.98. The van der Waals surface area contributed by atoms with Gasteiger partial charge in [0.2, 0.25) is 5.91 Å². The molecule has 3 aromatic rings. The van der Waals surface area contributed by atoms with Gasteiger partial charge in [-0.2, -0.15) is 0 Å². The molecule has 0 saturated heterocycles. The van der Waals surface area contributed by atoms with Crippen LogP contribution < -0.4 is 4.74 Å². The summed E-state index contributed by atoms with van der Waals surface area (Å²) < 4.78 is 5.77. The van der Waals surface area contributed by atoms with Crippen molar-refractivity contribution in [2.45, 2.75) is 46.8 Å². The molecule has 0 saturated carbocycles. The second-order valence-electron chi connectivity index (χ2n) is 6.87. The van der Waals surface area contributed by atoms with Crippen LogP contribution in [0.3, 0.4) is 0 Å². The average molecular weight is 416 g/mol. The highest BCUT2D eigenvalue weighted by molar-refractivity contribution is 7.11. The third kappa shape index (κ3) is 4.97. The number of aryl methyl sites for hydroxylation is 3. The lowest BCUT2D eigenvalue weighted by molar-refractivity contribution is -0.131. The summed E-state index contributed by atoms with van der Waals surface area (Å²) in [6.45, 7) is 8.48. The fourth-order valence-corrected chi connectivity index (χ4v) is 4.61. The van der Waals surface area contributed by atoms with E-state index in [4.69, 9.17) is 4.74 Å². The lowest BCUT2D eigenvalue weighted by Gasteiger charge is -2.24. The molecule has 2 heterocycles. The van der Waals surface area contributed by atoms with Crippen LogP contribution in [0.5, 0.6) is 5.75 Å². The highest BCUT2D eigenvalue weighted by atomic mass is 32.1. The number of benzene rings is 1. The Morgan fingerprint density at radius 1 is 1.18 bits per heavy atom. The predicted octanol–water partition coefficient (Wildman–Crippen LogP) is 4.87. The van der Waals surface area contributed by atoms with Crippen molar-refractivity contribution in [2.75, 3.05) is 7.05 Å². The van der Waals surface area contributed by atoms with Gasteiger partial charge in [-0.1, -0.05) is 17.7 Å². The van der Waals surface area contributed by atoms with Gasteiger partial charge in [0.1, 0.15) is 17.4 Å². The smallest absolute Gasteiger partial charge is 0.228 e. The Kier molecular flexibility index (Phi) is 6.46. The van der Waals surface area contributed by atoms with E-state index in [1.54, 1.807) is 16.2 Å². The van der Waals surface area contributed by atoms with Crippen molar-refractivity contribution in [1.82, 2.24) is 14.9 Å². The number of hydrogen-bond donors (Lipinski definition) is 0. The molecule has 2 aromatic heterocycles. The number of ether oxygens (including phenoxy) is 1. The van der Waals surface area contributed by atoms with Crippen LogP contribution in [0.1, 0.15) is 44.8 Å². The van der Waals surface area contributed by atoms with Crippen LogP contribution in [0.4, 0.5) is 0 Å². The van der Waals surface area contributed by atoms with Gasteiger partial charge >= 0.3 is 0 Å². The molecule has 0 bridgehead atoms. The fourth-order valence-electron chi connectivity index (χ4n) is 2.88. The summed E-state index contributed by atoms with van der Waals surface area (Å²) >= 11 is 3.17. The maximum absolute atomic E-state index is 12.7. The number of likely N-dealkylation sites (N-methyl/N-ethyl adjacent to an activating group) is 1. The Bertz CT molecular complexity index is 947. The predicted molar refractivity (Wildman–Crippen MR) is 114 cm³/mol. The Hall–Kier alpha value is -2.25. The van der Waals surface area contributed by atoms with Gasteiger partial charge in [0.25, 0.3) is 0 Å². The molecule has 1 amide bonds. The number of carbonyl (C=O) groups is 1. The molecule has 5 nitrogen and oxygen atoms in total. The molecule has 148 valence electrons. The van der Waals surface area contributed by atoms with E-state index < -0.39 is 0 Å². The Balaban J connectivity index is 1.57. The third-order valence-electron chi connectivity index (χ3n) is 4.61. The summed E-state index contributed by atoms with van der Waals surface area (Å²) in [5, 5.41) is 3.83. The average Bonchev–Trinajstić information content (AvgIpc) is 3.25. The van der Waals surface area contributed by atoms with Crippen molar-refractivity contribution in [3.8, 4) is 5.75 Å². The highest BCUT2D eigenvalue weighted by Gasteiger charge is 2.22. The van der Waals surface area contributed by atoms with Crippen LogP contribution in [-0.4, -0.2) is 27.8 Å². The van der Waals surface area contributed by atoms with E-state index in [2.05, 4.69) is 9.97 Å². The maximum atomic E-state index is 12.7. The first-order valence-corrected chi connectivity index (χ1v) is 10.9. The number of thiazole rings is 2. The van der Waals surface area contributed by atoms with Gasteiger partial charge < -0.3 is 9.64 Å². The largest absolute Gasteiger partial charge is 0.486 e. The van der Waals surface area contributed by atoms with Crippen LogP contribution in [0.15, 0.2) is 29.6 Å². The Morgan fingerprint density at radius 2 is 1.89 bits per heavy atom. The minimum atomic E-state index is 0.00155. The number of carbonyl (C=O) groups excluding carboxylic acids is 1. The third-order valence-corrected chi connectivity index (χ3v) is 6.72. The zero-order valence-electron chi connectivity index (χ0n) is 16.9. The number of nitrogens with zero attached hydrogens (tertiary/aromatic N) is 3. The molecule has 1 atom stereocenters. The van der Waals surface area contributed by atoms with Crippen molar-refractivity contribution in [2.24, 2.45) is 0 Å².